The number of aromatic hydroxyl groups is 1. The second kappa shape index (κ2) is 7.75. The first-order valence-electron chi connectivity index (χ1n) is 10.4. The van der Waals surface area contributed by atoms with Gasteiger partial charge in [0.15, 0.2) is 5.78 Å². The molecular formula is C27H24O5. The number of benzene rings is 2. The summed E-state index contributed by atoms with van der Waals surface area (Å²) in [4.78, 5) is 36.8. The highest BCUT2D eigenvalue weighted by molar-refractivity contribution is 6.07. The maximum atomic E-state index is 12.6. The topological polar surface area (TPSA) is 91.7 Å². The normalized spacial score (nSPS) is 15.2. The van der Waals surface area contributed by atoms with Crippen LogP contribution in [0.15, 0.2) is 65.8 Å². The number of carbonyl (C=O) groups is 3. The Labute approximate surface area is 186 Å². The number of rotatable bonds is 4. The molecule has 5 nitrogen and oxygen atoms in total. The van der Waals surface area contributed by atoms with Gasteiger partial charge in [-0.15, -0.1) is 0 Å². The van der Waals surface area contributed by atoms with Gasteiger partial charge in [0, 0.05) is 11.8 Å². The number of carboxylic acids is 1. The van der Waals surface area contributed by atoms with Crippen molar-refractivity contribution in [3.8, 4) is 5.75 Å². The minimum absolute atomic E-state index is 0.0573. The molecule has 0 aromatic heterocycles. The van der Waals surface area contributed by atoms with Crippen LogP contribution in [0.3, 0.4) is 0 Å². The summed E-state index contributed by atoms with van der Waals surface area (Å²) in [5, 5.41) is 19.9. The van der Waals surface area contributed by atoms with Crippen LogP contribution in [0.2, 0.25) is 0 Å². The first-order valence-corrected chi connectivity index (χ1v) is 10.4. The lowest BCUT2D eigenvalue weighted by atomic mass is 9.76. The Morgan fingerprint density at radius 1 is 1.00 bits per heavy atom. The van der Waals surface area contributed by atoms with Gasteiger partial charge in [0.1, 0.15) is 11.5 Å². The van der Waals surface area contributed by atoms with E-state index in [1.165, 1.54) is 12.1 Å². The fourth-order valence-electron chi connectivity index (χ4n) is 4.12. The number of phenolic OH excluding ortho intramolecular Hbond substituents is 1. The molecular weight excluding hydrogens is 404 g/mol. The van der Waals surface area contributed by atoms with Gasteiger partial charge >= 0.3 is 5.97 Å². The summed E-state index contributed by atoms with van der Waals surface area (Å²) in [5.41, 5.74) is 4.68. The molecule has 5 heteroatoms. The van der Waals surface area contributed by atoms with Gasteiger partial charge < -0.3 is 10.2 Å². The van der Waals surface area contributed by atoms with Gasteiger partial charge in [-0.25, -0.2) is 4.79 Å². The highest BCUT2D eigenvalue weighted by Crippen LogP contribution is 2.42. The van der Waals surface area contributed by atoms with E-state index in [2.05, 4.69) is 0 Å². The Hall–Kier alpha value is -3.73. The van der Waals surface area contributed by atoms with E-state index in [1.807, 2.05) is 20.8 Å². The number of hydrogen-bond donors (Lipinski definition) is 2. The van der Waals surface area contributed by atoms with E-state index >= 15 is 0 Å². The van der Waals surface area contributed by atoms with Crippen molar-refractivity contribution in [2.24, 2.45) is 5.41 Å². The maximum absolute atomic E-state index is 12.6. The van der Waals surface area contributed by atoms with Crippen molar-refractivity contribution < 1.29 is 24.6 Å². The zero-order chi connectivity index (χ0) is 23.2. The van der Waals surface area contributed by atoms with Gasteiger partial charge in [-0.3, -0.25) is 9.59 Å². The Bertz CT molecular complexity index is 1270. The van der Waals surface area contributed by atoms with Crippen LogP contribution < -0.4 is 0 Å². The number of allylic oxidation sites excluding steroid dienone is 5. The van der Waals surface area contributed by atoms with Crippen molar-refractivity contribution in [2.45, 2.75) is 33.6 Å². The zero-order valence-corrected chi connectivity index (χ0v) is 18.2. The Morgan fingerprint density at radius 3 is 2.44 bits per heavy atom. The Morgan fingerprint density at radius 2 is 1.75 bits per heavy atom. The zero-order valence-electron chi connectivity index (χ0n) is 18.2. The molecule has 0 radical (unpaired) electrons. The van der Waals surface area contributed by atoms with E-state index in [9.17, 15) is 24.6 Å². The van der Waals surface area contributed by atoms with Gasteiger partial charge in [-0.1, -0.05) is 39.0 Å². The molecule has 0 heterocycles. The van der Waals surface area contributed by atoms with Crippen LogP contribution in [0.4, 0.5) is 0 Å². The summed E-state index contributed by atoms with van der Waals surface area (Å²) in [6, 6.07) is 9.96. The molecule has 0 aliphatic heterocycles. The third kappa shape index (κ3) is 3.94. The predicted octanol–water partition coefficient (Wildman–Crippen LogP) is 4.67. The Balaban J connectivity index is 1.97. The Kier molecular flexibility index (Phi) is 5.21. The summed E-state index contributed by atoms with van der Waals surface area (Å²) in [7, 11) is 0. The minimum atomic E-state index is -1.07. The number of ketones is 2. The van der Waals surface area contributed by atoms with E-state index in [-0.39, 0.29) is 29.3 Å². The fourth-order valence-corrected chi connectivity index (χ4v) is 4.12. The number of phenols is 1. The summed E-state index contributed by atoms with van der Waals surface area (Å²) in [5.74, 6) is -1.04. The molecule has 0 saturated carbocycles. The molecule has 2 aromatic rings. The maximum Gasteiger partial charge on any atom is 0.336 e. The molecule has 162 valence electrons. The third-order valence-corrected chi connectivity index (χ3v) is 5.87. The van der Waals surface area contributed by atoms with E-state index < -0.39 is 11.4 Å². The van der Waals surface area contributed by atoms with E-state index in [0.717, 1.165) is 27.8 Å². The molecule has 0 atom stereocenters. The number of hydrogen-bond acceptors (Lipinski definition) is 4. The van der Waals surface area contributed by atoms with Crippen molar-refractivity contribution >= 4 is 23.1 Å². The lowest BCUT2D eigenvalue weighted by Gasteiger charge is -2.27. The number of carboxylic acid groups (broad SMARTS) is 1. The molecule has 4 rings (SSSR count). The number of aromatic carboxylic acids is 1. The number of Topliss-reactive ketones (excluding diaryl/α,β-unsaturated/α-hetero) is 1. The molecule has 2 aromatic carbocycles. The van der Waals surface area contributed by atoms with Gasteiger partial charge in [0.2, 0.25) is 0 Å². The van der Waals surface area contributed by atoms with Crippen molar-refractivity contribution in [3.63, 3.8) is 0 Å². The molecule has 0 spiro atoms. The average molecular weight is 428 g/mol. The van der Waals surface area contributed by atoms with E-state index in [1.54, 1.807) is 42.5 Å². The molecule has 0 unspecified atom stereocenters. The third-order valence-electron chi connectivity index (χ3n) is 5.87. The molecule has 2 N–H and O–H groups in total. The standard InChI is InChI=1S/C27H24O5/c1-27(2,3)24(30)11-15-4-7-22(26(31)32)23(10-15)25-20-8-5-18(28)13-16(20)12-17-14-19(29)6-9-21(17)25/h4-10,13-14,28H,11-12H2,1-3H3,(H,31,32). The van der Waals surface area contributed by atoms with E-state index in [0.29, 0.717) is 17.6 Å². The van der Waals surface area contributed by atoms with Crippen molar-refractivity contribution in [1.29, 1.82) is 0 Å². The van der Waals surface area contributed by atoms with E-state index in [4.69, 9.17) is 0 Å². The van der Waals surface area contributed by atoms with Crippen molar-refractivity contribution in [1.82, 2.24) is 0 Å². The summed E-state index contributed by atoms with van der Waals surface area (Å²) in [6.45, 7) is 5.58. The molecule has 0 saturated heterocycles. The fraction of sp³-hybridized carbons (Fsp3) is 0.222. The van der Waals surface area contributed by atoms with Crippen LogP contribution in [-0.2, 0) is 22.4 Å². The highest BCUT2D eigenvalue weighted by Gasteiger charge is 2.28. The SMILES string of the molecule is CC(C)(C)C(=O)Cc1ccc(C(=O)O)c(C2=C3C=CC(=O)C=C3Cc3cc(O)ccc32)c1. The summed E-state index contributed by atoms with van der Waals surface area (Å²) in [6.07, 6.45) is 5.40. The lowest BCUT2D eigenvalue weighted by molar-refractivity contribution is -0.125. The lowest BCUT2D eigenvalue weighted by Crippen LogP contribution is -2.22. The summed E-state index contributed by atoms with van der Waals surface area (Å²) < 4.78 is 0. The van der Waals surface area contributed by atoms with Crippen LogP contribution >= 0.6 is 0 Å². The molecule has 32 heavy (non-hydrogen) atoms. The second-order valence-corrected chi connectivity index (χ2v) is 9.25. The molecule has 0 fully saturated rings. The van der Waals surface area contributed by atoms with Gasteiger partial charge in [-0.05, 0) is 81.8 Å². The van der Waals surface area contributed by atoms with Crippen molar-refractivity contribution in [3.05, 3.63) is 93.6 Å². The second-order valence-electron chi connectivity index (χ2n) is 9.25. The van der Waals surface area contributed by atoms with Gasteiger partial charge in [0.25, 0.3) is 0 Å². The van der Waals surface area contributed by atoms with Crippen LogP contribution in [0, 0.1) is 5.41 Å². The number of carbonyl (C=O) groups excluding carboxylic acids is 2. The first-order chi connectivity index (χ1) is 15.0. The quantitative estimate of drug-likeness (QED) is 0.738. The first kappa shape index (κ1) is 21.5. The number of fused-ring (bicyclic) bond motifs is 2. The minimum Gasteiger partial charge on any atom is -0.508 e. The summed E-state index contributed by atoms with van der Waals surface area (Å²) >= 11 is 0. The van der Waals surface area contributed by atoms with Gasteiger partial charge in [0.05, 0.1) is 5.56 Å². The van der Waals surface area contributed by atoms with Crippen LogP contribution in [0.1, 0.15) is 53.4 Å². The molecule has 2 aliphatic carbocycles. The van der Waals surface area contributed by atoms with Gasteiger partial charge in [-0.2, -0.15) is 0 Å². The smallest absolute Gasteiger partial charge is 0.336 e. The molecule has 0 amide bonds. The van der Waals surface area contributed by atoms with Crippen LogP contribution in [0.5, 0.6) is 5.75 Å². The largest absolute Gasteiger partial charge is 0.508 e. The average Bonchev–Trinajstić information content (AvgIpc) is 2.70. The molecule has 0 bridgehead atoms. The predicted molar refractivity (Wildman–Crippen MR) is 122 cm³/mol. The molecule has 2 aliphatic rings. The van der Waals surface area contributed by atoms with Crippen LogP contribution in [0.25, 0.3) is 5.57 Å². The van der Waals surface area contributed by atoms with Crippen molar-refractivity contribution in [2.75, 3.05) is 0 Å². The monoisotopic (exact) mass is 428 g/mol. The highest BCUT2D eigenvalue weighted by atomic mass is 16.4. The van der Waals surface area contributed by atoms with Crippen LogP contribution in [-0.4, -0.2) is 27.7 Å².